The number of benzene rings is 3. The zero-order valence-electron chi connectivity index (χ0n) is 21.4. The first kappa shape index (κ1) is 25.4. The Morgan fingerprint density at radius 2 is 1.67 bits per heavy atom. The summed E-state index contributed by atoms with van der Waals surface area (Å²) in [6, 6.07) is 21.7. The first-order chi connectivity index (χ1) is 17.5. The van der Waals surface area contributed by atoms with Gasteiger partial charge in [0.2, 0.25) is 5.91 Å². The van der Waals surface area contributed by atoms with E-state index in [1.54, 1.807) is 26.2 Å². The molecule has 190 valence electrons. The third kappa shape index (κ3) is 5.91. The molecule has 4 rings (SSSR count). The quantitative estimate of drug-likeness (QED) is 0.445. The highest BCUT2D eigenvalue weighted by molar-refractivity contribution is 5.78. The van der Waals surface area contributed by atoms with Gasteiger partial charge in [-0.15, -0.1) is 0 Å². The predicted octanol–water partition coefficient (Wildman–Crippen LogP) is 4.35. The van der Waals surface area contributed by atoms with Gasteiger partial charge in [-0.2, -0.15) is 0 Å². The number of nitrogens with zero attached hydrogens (tertiary/aromatic N) is 2. The first-order valence-corrected chi connectivity index (χ1v) is 12.1. The van der Waals surface area contributed by atoms with Crippen LogP contribution in [-0.4, -0.2) is 63.7 Å². The number of hydrogen-bond acceptors (Lipinski definition) is 6. The number of likely N-dealkylation sites (N-methyl/N-ethyl adjacent to an activating group) is 1. The van der Waals surface area contributed by atoms with Crippen molar-refractivity contribution in [1.82, 2.24) is 9.80 Å². The summed E-state index contributed by atoms with van der Waals surface area (Å²) in [6.45, 7) is 2.11. The average Bonchev–Trinajstić information content (AvgIpc) is 3.10. The van der Waals surface area contributed by atoms with E-state index in [-0.39, 0.29) is 12.0 Å². The molecule has 1 atom stereocenters. The van der Waals surface area contributed by atoms with Gasteiger partial charge >= 0.3 is 0 Å². The van der Waals surface area contributed by atoms with Crippen molar-refractivity contribution in [2.45, 2.75) is 19.1 Å². The van der Waals surface area contributed by atoms with Crippen LogP contribution in [0.1, 0.15) is 22.8 Å². The van der Waals surface area contributed by atoms with E-state index in [0.29, 0.717) is 37.7 Å². The van der Waals surface area contributed by atoms with E-state index in [1.807, 2.05) is 67.7 Å². The average molecular weight is 491 g/mol. The third-order valence-electron chi connectivity index (χ3n) is 6.51. The number of carbonyl (C=O) groups is 1. The van der Waals surface area contributed by atoms with Crippen LogP contribution in [0.2, 0.25) is 0 Å². The van der Waals surface area contributed by atoms with Crippen LogP contribution < -0.4 is 18.9 Å². The van der Waals surface area contributed by atoms with Crippen LogP contribution in [0.15, 0.2) is 66.7 Å². The van der Waals surface area contributed by atoms with E-state index in [4.69, 9.17) is 18.9 Å². The molecule has 0 aliphatic carbocycles. The minimum Gasteiger partial charge on any atom is -0.496 e. The molecule has 1 heterocycles. The van der Waals surface area contributed by atoms with E-state index in [1.165, 1.54) is 0 Å². The molecule has 0 saturated carbocycles. The van der Waals surface area contributed by atoms with Crippen molar-refractivity contribution in [3.8, 4) is 23.0 Å². The summed E-state index contributed by atoms with van der Waals surface area (Å²) >= 11 is 0. The lowest BCUT2D eigenvalue weighted by molar-refractivity contribution is -0.131. The molecule has 1 aliphatic rings. The highest BCUT2D eigenvalue weighted by Crippen LogP contribution is 2.34. The lowest BCUT2D eigenvalue weighted by Gasteiger charge is -2.27. The van der Waals surface area contributed by atoms with Gasteiger partial charge in [-0.25, -0.2) is 0 Å². The van der Waals surface area contributed by atoms with E-state index in [0.717, 1.165) is 34.6 Å². The molecule has 0 radical (unpaired) electrons. The molecule has 0 spiro atoms. The molecule has 3 aromatic carbocycles. The maximum absolute atomic E-state index is 13.2. The molecule has 7 heteroatoms. The first-order valence-electron chi connectivity index (χ1n) is 12.1. The van der Waals surface area contributed by atoms with E-state index < -0.39 is 0 Å². The zero-order valence-corrected chi connectivity index (χ0v) is 21.4. The summed E-state index contributed by atoms with van der Waals surface area (Å²) in [5.41, 5.74) is 3.12. The SMILES string of the molecule is COc1ccc(CCN(C)C(=O)CN2Cc3ccccc3O[C@@H](c3ccccc3OC)C2)cc1OC. The predicted molar refractivity (Wildman–Crippen MR) is 139 cm³/mol. The van der Waals surface area contributed by atoms with Crippen LogP contribution in [-0.2, 0) is 17.8 Å². The second-order valence-electron chi connectivity index (χ2n) is 8.88. The van der Waals surface area contributed by atoms with E-state index >= 15 is 0 Å². The van der Waals surface area contributed by atoms with Gasteiger partial charge in [-0.3, -0.25) is 9.69 Å². The van der Waals surface area contributed by atoms with Crippen LogP contribution in [0, 0.1) is 0 Å². The van der Waals surface area contributed by atoms with Gasteiger partial charge in [0.15, 0.2) is 11.5 Å². The number of amides is 1. The smallest absolute Gasteiger partial charge is 0.236 e. The Kier molecular flexibility index (Phi) is 8.33. The number of hydrogen-bond donors (Lipinski definition) is 0. The van der Waals surface area contributed by atoms with Crippen molar-refractivity contribution in [2.75, 3.05) is 48.0 Å². The Labute approximate surface area is 213 Å². The highest BCUT2D eigenvalue weighted by Gasteiger charge is 2.28. The number of ether oxygens (including phenoxy) is 4. The number of methoxy groups -OCH3 is 3. The minimum atomic E-state index is -0.255. The van der Waals surface area contributed by atoms with Crippen molar-refractivity contribution in [3.05, 3.63) is 83.4 Å². The van der Waals surface area contributed by atoms with Crippen molar-refractivity contribution in [3.63, 3.8) is 0 Å². The Bertz CT molecular complexity index is 1180. The molecule has 0 aromatic heterocycles. The van der Waals surface area contributed by atoms with Gasteiger partial charge in [0.05, 0.1) is 27.9 Å². The second-order valence-corrected chi connectivity index (χ2v) is 8.88. The van der Waals surface area contributed by atoms with Crippen LogP contribution in [0.3, 0.4) is 0 Å². The maximum atomic E-state index is 13.2. The topological polar surface area (TPSA) is 60.5 Å². The Hall–Kier alpha value is -3.71. The summed E-state index contributed by atoms with van der Waals surface area (Å²) in [7, 11) is 6.76. The Morgan fingerprint density at radius 1 is 0.944 bits per heavy atom. The lowest BCUT2D eigenvalue weighted by atomic mass is 10.1. The molecule has 0 fully saturated rings. The van der Waals surface area contributed by atoms with Crippen molar-refractivity contribution in [1.29, 1.82) is 0 Å². The molecule has 0 saturated heterocycles. The summed E-state index contributed by atoms with van der Waals surface area (Å²) in [5, 5.41) is 0. The number of rotatable bonds is 9. The number of carbonyl (C=O) groups excluding carboxylic acids is 1. The molecule has 0 N–H and O–H groups in total. The highest BCUT2D eigenvalue weighted by atomic mass is 16.5. The molecular weight excluding hydrogens is 456 g/mol. The monoisotopic (exact) mass is 490 g/mol. The molecule has 0 unspecified atom stereocenters. The summed E-state index contributed by atoms with van der Waals surface area (Å²) in [6.07, 6.45) is 0.466. The van der Waals surface area contributed by atoms with Gasteiger partial charge < -0.3 is 23.8 Å². The lowest BCUT2D eigenvalue weighted by Crippen LogP contribution is -2.40. The second kappa shape index (κ2) is 11.8. The maximum Gasteiger partial charge on any atom is 0.236 e. The minimum absolute atomic E-state index is 0.0636. The summed E-state index contributed by atoms with van der Waals surface area (Å²) in [5.74, 6) is 3.06. The Balaban J connectivity index is 1.45. The van der Waals surface area contributed by atoms with Crippen LogP contribution >= 0.6 is 0 Å². The van der Waals surface area contributed by atoms with Gasteiger partial charge in [-0.05, 0) is 36.2 Å². The van der Waals surface area contributed by atoms with Crippen LogP contribution in [0.4, 0.5) is 0 Å². The molecule has 36 heavy (non-hydrogen) atoms. The third-order valence-corrected chi connectivity index (χ3v) is 6.51. The molecule has 3 aromatic rings. The van der Waals surface area contributed by atoms with Crippen molar-refractivity contribution < 1.29 is 23.7 Å². The fourth-order valence-corrected chi connectivity index (χ4v) is 4.46. The van der Waals surface area contributed by atoms with Crippen molar-refractivity contribution in [2.24, 2.45) is 0 Å². The van der Waals surface area contributed by atoms with E-state index in [2.05, 4.69) is 11.0 Å². The van der Waals surface area contributed by atoms with Crippen molar-refractivity contribution >= 4 is 5.91 Å². The van der Waals surface area contributed by atoms with Crippen LogP contribution in [0.25, 0.3) is 0 Å². The normalized spacial score (nSPS) is 15.3. The van der Waals surface area contributed by atoms with Gasteiger partial charge in [0, 0.05) is 37.8 Å². The van der Waals surface area contributed by atoms with Crippen LogP contribution in [0.5, 0.6) is 23.0 Å². The molecule has 1 aliphatic heterocycles. The fourth-order valence-electron chi connectivity index (χ4n) is 4.46. The standard InChI is InChI=1S/C29H34N2O5/c1-30(16-15-21-13-14-26(34-3)27(17-21)35-4)29(32)20-31-18-22-9-5-7-11-24(22)36-28(19-31)23-10-6-8-12-25(23)33-2/h5-14,17,28H,15-16,18-20H2,1-4H3/t28-/m1/s1. The summed E-state index contributed by atoms with van der Waals surface area (Å²) in [4.78, 5) is 17.2. The molecule has 7 nitrogen and oxygen atoms in total. The van der Waals surface area contributed by atoms with Gasteiger partial charge in [0.1, 0.15) is 17.6 Å². The van der Waals surface area contributed by atoms with Gasteiger partial charge in [0.25, 0.3) is 0 Å². The number of para-hydroxylation sites is 2. The molecular formula is C29H34N2O5. The summed E-state index contributed by atoms with van der Waals surface area (Å²) < 4.78 is 22.8. The largest absolute Gasteiger partial charge is 0.496 e. The molecule has 1 amide bonds. The fraction of sp³-hybridized carbons (Fsp3) is 0.345. The number of fused-ring (bicyclic) bond motifs is 1. The Morgan fingerprint density at radius 3 is 2.44 bits per heavy atom. The van der Waals surface area contributed by atoms with E-state index in [9.17, 15) is 4.79 Å². The zero-order chi connectivity index (χ0) is 25.5. The molecule has 0 bridgehead atoms. The van der Waals surface area contributed by atoms with Gasteiger partial charge in [-0.1, -0.05) is 42.5 Å².